The molecule has 6 nitrogen and oxygen atoms in total. The maximum Gasteiger partial charge on any atom is 0.231 e. The third kappa shape index (κ3) is 6.03. The lowest BCUT2D eigenvalue weighted by Gasteiger charge is -2.29. The van der Waals surface area contributed by atoms with Crippen molar-refractivity contribution in [2.45, 2.75) is 46.5 Å². The van der Waals surface area contributed by atoms with Crippen molar-refractivity contribution in [1.82, 2.24) is 5.32 Å². The molecule has 1 fully saturated rings. The van der Waals surface area contributed by atoms with E-state index in [-0.39, 0.29) is 12.2 Å². The van der Waals surface area contributed by atoms with Crippen LogP contribution in [-0.4, -0.2) is 32.4 Å². The van der Waals surface area contributed by atoms with Gasteiger partial charge < -0.3 is 25.8 Å². The predicted molar refractivity (Wildman–Crippen MR) is 110 cm³/mol. The maximum atomic E-state index is 5.89. The number of nitrogens with zero attached hydrogens (tertiary/aromatic N) is 1. The fourth-order valence-corrected chi connectivity index (χ4v) is 3.61. The summed E-state index contributed by atoms with van der Waals surface area (Å²) in [6.45, 7) is 9.36. The fraction of sp³-hybridized carbons (Fsp3) is 0.667. The van der Waals surface area contributed by atoms with E-state index in [4.69, 9.17) is 20.2 Å². The molecule has 27 heavy (non-hydrogen) atoms. The molecule has 1 saturated carbocycles. The minimum Gasteiger partial charge on any atom is -0.454 e. The second-order valence-electron chi connectivity index (χ2n) is 8.93. The van der Waals surface area contributed by atoms with Gasteiger partial charge >= 0.3 is 0 Å². The molecule has 3 rings (SSSR count). The molecule has 1 aliphatic heterocycles. The van der Waals surface area contributed by atoms with Gasteiger partial charge in [-0.2, -0.15) is 0 Å². The van der Waals surface area contributed by atoms with Crippen LogP contribution < -0.4 is 25.8 Å². The van der Waals surface area contributed by atoms with Gasteiger partial charge in [-0.05, 0) is 55.2 Å². The molecule has 0 bridgehead atoms. The molecular formula is C21H34N4O2. The molecule has 4 N–H and O–H groups in total. The molecule has 1 aromatic carbocycles. The Morgan fingerprint density at radius 3 is 2.74 bits per heavy atom. The van der Waals surface area contributed by atoms with E-state index < -0.39 is 0 Å². The lowest BCUT2D eigenvalue weighted by molar-refractivity contribution is 0.174. The summed E-state index contributed by atoms with van der Waals surface area (Å²) in [5.74, 6) is 3.71. The summed E-state index contributed by atoms with van der Waals surface area (Å²) in [6, 6.07) is 5.88. The van der Waals surface area contributed by atoms with Crippen LogP contribution in [0.2, 0.25) is 0 Å². The predicted octanol–water partition coefficient (Wildman–Crippen LogP) is 3.58. The fourth-order valence-electron chi connectivity index (χ4n) is 3.61. The van der Waals surface area contributed by atoms with Gasteiger partial charge in [0.2, 0.25) is 6.79 Å². The number of ether oxygens (including phenoxy) is 2. The van der Waals surface area contributed by atoms with Gasteiger partial charge in [0.1, 0.15) is 0 Å². The van der Waals surface area contributed by atoms with Crippen molar-refractivity contribution >= 4 is 11.6 Å². The van der Waals surface area contributed by atoms with E-state index in [9.17, 15) is 0 Å². The van der Waals surface area contributed by atoms with Crippen molar-refractivity contribution in [1.29, 1.82) is 0 Å². The maximum absolute atomic E-state index is 5.89. The van der Waals surface area contributed by atoms with Crippen LogP contribution in [0.15, 0.2) is 23.2 Å². The number of anilines is 1. The Balaban J connectivity index is 1.63. The zero-order valence-corrected chi connectivity index (χ0v) is 16.9. The smallest absolute Gasteiger partial charge is 0.231 e. The molecule has 2 atom stereocenters. The van der Waals surface area contributed by atoms with Crippen LogP contribution in [0.5, 0.6) is 11.5 Å². The summed E-state index contributed by atoms with van der Waals surface area (Å²) in [4.78, 5) is 4.81. The second kappa shape index (κ2) is 8.83. The van der Waals surface area contributed by atoms with Crippen molar-refractivity contribution < 1.29 is 9.47 Å². The van der Waals surface area contributed by atoms with E-state index in [2.05, 4.69) is 31.4 Å². The zero-order chi connectivity index (χ0) is 19.3. The number of hydrogen-bond donors (Lipinski definition) is 3. The summed E-state index contributed by atoms with van der Waals surface area (Å²) in [5, 5.41) is 6.97. The Hall–Kier alpha value is -1.95. The molecule has 0 radical (unpaired) electrons. The van der Waals surface area contributed by atoms with E-state index in [1.165, 1.54) is 25.7 Å². The number of nitrogens with one attached hydrogen (secondary N) is 2. The Morgan fingerprint density at radius 2 is 1.96 bits per heavy atom. The summed E-state index contributed by atoms with van der Waals surface area (Å²) in [7, 11) is 0. The molecule has 2 aliphatic rings. The molecule has 1 aromatic rings. The molecule has 1 heterocycles. The van der Waals surface area contributed by atoms with Crippen molar-refractivity contribution in [2.24, 2.45) is 28.0 Å². The van der Waals surface area contributed by atoms with Crippen molar-refractivity contribution in [3.8, 4) is 11.5 Å². The van der Waals surface area contributed by atoms with Gasteiger partial charge in [0.15, 0.2) is 17.5 Å². The van der Waals surface area contributed by atoms with E-state index >= 15 is 0 Å². The third-order valence-electron chi connectivity index (χ3n) is 5.13. The number of fused-ring (bicyclic) bond motifs is 1. The average Bonchev–Trinajstić information content (AvgIpc) is 3.11. The highest BCUT2D eigenvalue weighted by Gasteiger charge is 2.21. The van der Waals surface area contributed by atoms with E-state index in [1.54, 1.807) is 0 Å². The van der Waals surface area contributed by atoms with Crippen LogP contribution in [0, 0.1) is 17.3 Å². The van der Waals surface area contributed by atoms with Crippen molar-refractivity contribution in [3.05, 3.63) is 18.2 Å². The molecular weight excluding hydrogens is 340 g/mol. The molecule has 1 aliphatic carbocycles. The van der Waals surface area contributed by atoms with E-state index in [0.29, 0.717) is 11.8 Å². The summed E-state index contributed by atoms with van der Waals surface area (Å²) < 4.78 is 10.9. The number of guanidine groups is 1. The standard InChI is InChI=1S/C21H34N4O2/c1-21(2,3)13-24-20(23-12-16-6-4-5-15(9-16)11-22)25-17-7-8-18-19(10-17)27-14-26-18/h7-8,10,15-16H,4-6,9,11-14,22H2,1-3H3,(H2,23,24,25). The average molecular weight is 375 g/mol. The van der Waals surface area contributed by atoms with Crippen LogP contribution >= 0.6 is 0 Å². The number of rotatable bonds is 5. The largest absolute Gasteiger partial charge is 0.454 e. The van der Waals surface area contributed by atoms with Crippen molar-refractivity contribution in [3.63, 3.8) is 0 Å². The molecule has 0 aromatic heterocycles. The van der Waals surface area contributed by atoms with Crippen LogP contribution in [-0.2, 0) is 0 Å². The first-order valence-electron chi connectivity index (χ1n) is 10.1. The Kier molecular flexibility index (Phi) is 6.47. The van der Waals surface area contributed by atoms with Crippen LogP contribution in [0.1, 0.15) is 46.5 Å². The van der Waals surface area contributed by atoms with Crippen LogP contribution in [0.3, 0.4) is 0 Å². The highest BCUT2D eigenvalue weighted by atomic mass is 16.7. The number of nitrogens with two attached hydrogens (primary N) is 1. The van der Waals surface area contributed by atoms with Gasteiger partial charge in [0.05, 0.1) is 0 Å². The van der Waals surface area contributed by atoms with Crippen molar-refractivity contribution in [2.75, 3.05) is 31.7 Å². The molecule has 0 amide bonds. The normalized spacial score (nSPS) is 22.6. The second-order valence-corrected chi connectivity index (χ2v) is 8.93. The van der Waals surface area contributed by atoms with Gasteiger partial charge in [0, 0.05) is 24.8 Å². The lowest BCUT2D eigenvalue weighted by Crippen LogP contribution is -2.37. The van der Waals surface area contributed by atoms with Gasteiger partial charge in [-0.15, -0.1) is 0 Å². The SMILES string of the molecule is CC(C)(C)CN=C(NCC1CCCC(CN)C1)Nc1ccc2c(c1)OCO2. The molecule has 150 valence electrons. The topological polar surface area (TPSA) is 80.9 Å². The Labute approximate surface area is 162 Å². The van der Waals surface area contributed by atoms with Gasteiger partial charge in [0.25, 0.3) is 0 Å². The summed E-state index contributed by atoms with van der Waals surface area (Å²) in [5.41, 5.74) is 6.97. The first-order chi connectivity index (χ1) is 12.9. The third-order valence-corrected chi connectivity index (χ3v) is 5.13. The van der Waals surface area contributed by atoms with Gasteiger partial charge in [-0.25, -0.2) is 0 Å². The molecule has 6 heteroatoms. The van der Waals surface area contributed by atoms with Gasteiger partial charge in [-0.1, -0.05) is 27.2 Å². The quantitative estimate of drug-likeness (QED) is 0.542. The minimum absolute atomic E-state index is 0.138. The van der Waals surface area contributed by atoms with Crippen LogP contribution in [0.4, 0.5) is 5.69 Å². The monoisotopic (exact) mass is 374 g/mol. The van der Waals surface area contributed by atoms with Gasteiger partial charge in [-0.3, -0.25) is 4.99 Å². The van der Waals surface area contributed by atoms with E-state index in [0.717, 1.165) is 42.8 Å². The summed E-state index contributed by atoms with van der Waals surface area (Å²) in [6.07, 6.45) is 5.02. The Morgan fingerprint density at radius 1 is 1.19 bits per heavy atom. The number of aliphatic imine (C=N–C) groups is 1. The summed E-state index contributed by atoms with van der Waals surface area (Å²) >= 11 is 0. The molecule has 2 unspecified atom stereocenters. The minimum atomic E-state index is 0.138. The highest BCUT2D eigenvalue weighted by Crippen LogP contribution is 2.34. The lowest BCUT2D eigenvalue weighted by atomic mass is 9.81. The van der Waals surface area contributed by atoms with E-state index in [1.807, 2.05) is 18.2 Å². The molecule has 0 spiro atoms. The van der Waals surface area contributed by atoms with Crippen LogP contribution in [0.25, 0.3) is 0 Å². The molecule has 0 saturated heterocycles. The zero-order valence-electron chi connectivity index (χ0n) is 16.9. The Bertz CT molecular complexity index is 654. The highest BCUT2D eigenvalue weighted by molar-refractivity contribution is 5.94. The first kappa shape index (κ1) is 19.8. The number of hydrogen-bond acceptors (Lipinski definition) is 4. The number of benzene rings is 1. The first-order valence-corrected chi connectivity index (χ1v) is 10.1.